The third-order valence-electron chi connectivity index (χ3n) is 6.38. The summed E-state index contributed by atoms with van der Waals surface area (Å²) in [6.45, 7) is 2.00. The highest BCUT2D eigenvalue weighted by Crippen LogP contribution is 2.44. The van der Waals surface area contributed by atoms with Gasteiger partial charge < -0.3 is 11.1 Å². The Morgan fingerprint density at radius 2 is 1.70 bits per heavy atom. The Kier molecular flexibility index (Phi) is 4.73. The summed E-state index contributed by atoms with van der Waals surface area (Å²) in [4.78, 5) is 24.1. The van der Waals surface area contributed by atoms with Gasteiger partial charge in [0, 0.05) is 17.2 Å². The summed E-state index contributed by atoms with van der Waals surface area (Å²) >= 11 is 0. The second-order valence-corrected chi connectivity index (χ2v) is 7.98. The molecule has 2 aliphatic rings. The minimum atomic E-state index is -0.436. The average molecular weight is 362 g/mol. The van der Waals surface area contributed by atoms with Gasteiger partial charge in [0.2, 0.25) is 5.91 Å². The lowest BCUT2D eigenvalue weighted by atomic mass is 9.96. The molecule has 2 amide bonds. The normalized spacial score (nSPS) is 23.8. The van der Waals surface area contributed by atoms with Crippen molar-refractivity contribution < 1.29 is 9.59 Å². The van der Waals surface area contributed by atoms with E-state index in [1.54, 1.807) is 6.07 Å². The molecule has 0 aromatic heterocycles. The predicted octanol–water partition coefficient (Wildman–Crippen LogP) is 4.07. The van der Waals surface area contributed by atoms with Gasteiger partial charge in [-0.25, -0.2) is 0 Å². The van der Waals surface area contributed by atoms with E-state index in [1.807, 2.05) is 43.3 Å². The smallest absolute Gasteiger partial charge is 0.251 e. The molecule has 0 bridgehead atoms. The molecule has 4 heteroatoms. The highest BCUT2D eigenvalue weighted by Gasteiger charge is 2.39. The summed E-state index contributed by atoms with van der Waals surface area (Å²) in [5.41, 5.74) is 9.57. The number of nitrogens with one attached hydrogen (secondary N) is 1. The lowest BCUT2D eigenvalue weighted by Crippen LogP contribution is -2.37. The third kappa shape index (κ3) is 3.48. The SMILES string of the molecule is Cc1ccc(C(N)=O)cc1-c1ccc(C(=O)N[C@H]2CC[C@@H]3CCC[C@@H]32)cc1. The lowest BCUT2D eigenvalue weighted by molar-refractivity contribution is 0.0925. The maximum Gasteiger partial charge on any atom is 0.251 e. The van der Waals surface area contributed by atoms with Gasteiger partial charge in [0.15, 0.2) is 0 Å². The number of amides is 2. The predicted molar refractivity (Wildman–Crippen MR) is 106 cm³/mol. The van der Waals surface area contributed by atoms with Gasteiger partial charge in [0.1, 0.15) is 0 Å². The highest BCUT2D eigenvalue weighted by molar-refractivity contribution is 5.96. The molecule has 2 fully saturated rings. The molecule has 2 aromatic carbocycles. The Morgan fingerprint density at radius 1 is 0.963 bits per heavy atom. The zero-order valence-electron chi connectivity index (χ0n) is 15.7. The molecule has 0 aliphatic heterocycles. The van der Waals surface area contributed by atoms with Gasteiger partial charge in [0.05, 0.1) is 0 Å². The molecular formula is C23H26N2O2. The van der Waals surface area contributed by atoms with E-state index in [4.69, 9.17) is 5.73 Å². The summed E-state index contributed by atoms with van der Waals surface area (Å²) in [5, 5.41) is 3.26. The van der Waals surface area contributed by atoms with Gasteiger partial charge in [-0.05, 0) is 79.0 Å². The molecule has 2 saturated carbocycles. The molecule has 3 atom stereocenters. The number of hydrogen-bond acceptors (Lipinski definition) is 2. The average Bonchev–Trinajstić information content (AvgIpc) is 3.27. The van der Waals surface area contributed by atoms with Crippen molar-refractivity contribution in [1.82, 2.24) is 5.32 Å². The first-order chi connectivity index (χ1) is 13.0. The fraction of sp³-hybridized carbons (Fsp3) is 0.391. The zero-order valence-corrected chi connectivity index (χ0v) is 15.7. The largest absolute Gasteiger partial charge is 0.366 e. The Balaban J connectivity index is 1.50. The number of primary amides is 1. The van der Waals surface area contributed by atoms with Crippen LogP contribution in [0.2, 0.25) is 0 Å². The number of hydrogen-bond donors (Lipinski definition) is 2. The quantitative estimate of drug-likeness (QED) is 0.860. The first-order valence-electron chi connectivity index (χ1n) is 9.84. The van der Waals surface area contributed by atoms with Crippen LogP contribution in [0.3, 0.4) is 0 Å². The number of rotatable bonds is 4. The van der Waals surface area contributed by atoms with E-state index in [0.29, 0.717) is 23.1 Å². The third-order valence-corrected chi connectivity index (χ3v) is 6.38. The molecule has 0 unspecified atom stereocenters. The molecule has 140 valence electrons. The van der Waals surface area contributed by atoms with Crippen LogP contribution in [-0.4, -0.2) is 17.9 Å². The van der Waals surface area contributed by atoms with E-state index >= 15 is 0 Å². The van der Waals surface area contributed by atoms with Gasteiger partial charge in [-0.1, -0.05) is 31.0 Å². The monoisotopic (exact) mass is 362 g/mol. The van der Waals surface area contributed by atoms with Crippen LogP contribution < -0.4 is 11.1 Å². The number of carbonyl (C=O) groups excluding carboxylic acids is 2. The summed E-state index contributed by atoms with van der Waals surface area (Å²) < 4.78 is 0. The maximum absolute atomic E-state index is 12.7. The highest BCUT2D eigenvalue weighted by atomic mass is 16.2. The minimum Gasteiger partial charge on any atom is -0.366 e. The summed E-state index contributed by atoms with van der Waals surface area (Å²) in [6, 6.07) is 13.4. The molecule has 3 N–H and O–H groups in total. The first-order valence-corrected chi connectivity index (χ1v) is 9.84. The Bertz CT molecular complexity index is 872. The van der Waals surface area contributed by atoms with Crippen molar-refractivity contribution in [2.75, 3.05) is 0 Å². The van der Waals surface area contributed by atoms with E-state index in [9.17, 15) is 9.59 Å². The molecular weight excluding hydrogens is 336 g/mol. The molecule has 27 heavy (non-hydrogen) atoms. The van der Waals surface area contributed by atoms with Crippen molar-refractivity contribution in [1.29, 1.82) is 0 Å². The topological polar surface area (TPSA) is 72.2 Å². The number of benzene rings is 2. The van der Waals surface area contributed by atoms with Crippen molar-refractivity contribution in [2.45, 2.75) is 45.1 Å². The zero-order chi connectivity index (χ0) is 19.0. The van der Waals surface area contributed by atoms with Gasteiger partial charge in [-0.2, -0.15) is 0 Å². The standard InChI is InChI=1S/C23H26N2O2/c1-14-5-6-18(22(24)26)13-20(14)16-7-9-17(10-8-16)23(27)25-21-12-11-15-3-2-4-19(15)21/h5-10,13,15,19,21H,2-4,11-12H2,1H3,(H2,24,26)(H,25,27)/t15-,19-,21-/m0/s1. The summed E-state index contributed by atoms with van der Waals surface area (Å²) in [6.07, 6.45) is 6.25. The van der Waals surface area contributed by atoms with Crippen molar-refractivity contribution in [3.05, 3.63) is 59.2 Å². The van der Waals surface area contributed by atoms with Crippen LogP contribution in [-0.2, 0) is 0 Å². The van der Waals surface area contributed by atoms with Gasteiger partial charge in [-0.3, -0.25) is 9.59 Å². The fourth-order valence-electron chi connectivity index (χ4n) is 4.88. The number of carbonyl (C=O) groups is 2. The van der Waals surface area contributed by atoms with E-state index in [1.165, 1.54) is 25.7 Å². The molecule has 4 nitrogen and oxygen atoms in total. The Labute approximate surface area is 160 Å². The summed E-state index contributed by atoms with van der Waals surface area (Å²) in [7, 11) is 0. The van der Waals surface area contributed by atoms with Crippen molar-refractivity contribution in [2.24, 2.45) is 17.6 Å². The van der Waals surface area contributed by atoms with E-state index in [2.05, 4.69) is 5.32 Å². The Morgan fingerprint density at radius 3 is 2.44 bits per heavy atom. The van der Waals surface area contributed by atoms with Crippen LogP contribution in [0.1, 0.15) is 58.4 Å². The van der Waals surface area contributed by atoms with Gasteiger partial charge in [0.25, 0.3) is 5.91 Å². The molecule has 0 radical (unpaired) electrons. The van der Waals surface area contributed by atoms with Crippen LogP contribution >= 0.6 is 0 Å². The lowest BCUT2D eigenvalue weighted by Gasteiger charge is -2.20. The summed E-state index contributed by atoms with van der Waals surface area (Å²) in [5.74, 6) is 1.07. The molecule has 2 aromatic rings. The molecule has 0 heterocycles. The molecule has 0 saturated heterocycles. The van der Waals surface area contributed by atoms with Crippen LogP contribution in [0, 0.1) is 18.8 Å². The molecule has 2 aliphatic carbocycles. The first kappa shape index (κ1) is 17.8. The van der Waals surface area contributed by atoms with E-state index < -0.39 is 5.91 Å². The number of fused-ring (bicyclic) bond motifs is 1. The second kappa shape index (κ2) is 7.18. The maximum atomic E-state index is 12.7. The van der Waals surface area contributed by atoms with Gasteiger partial charge >= 0.3 is 0 Å². The fourth-order valence-corrected chi connectivity index (χ4v) is 4.88. The van der Waals surface area contributed by atoms with Crippen LogP contribution in [0.25, 0.3) is 11.1 Å². The van der Waals surface area contributed by atoms with Crippen molar-refractivity contribution in [3.8, 4) is 11.1 Å². The molecule has 0 spiro atoms. The van der Waals surface area contributed by atoms with Crippen molar-refractivity contribution in [3.63, 3.8) is 0 Å². The molecule has 4 rings (SSSR count). The number of nitrogens with two attached hydrogens (primary N) is 1. The van der Waals surface area contributed by atoms with E-state index in [0.717, 1.165) is 29.0 Å². The minimum absolute atomic E-state index is 0.0155. The van der Waals surface area contributed by atoms with Crippen molar-refractivity contribution >= 4 is 11.8 Å². The van der Waals surface area contributed by atoms with Crippen LogP contribution in [0.15, 0.2) is 42.5 Å². The van der Waals surface area contributed by atoms with E-state index in [-0.39, 0.29) is 5.91 Å². The van der Waals surface area contributed by atoms with Gasteiger partial charge in [-0.15, -0.1) is 0 Å². The second-order valence-electron chi connectivity index (χ2n) is 7.98. The number of aryl methyl sites for hydroxylation is 1. The van der Waals surface area contributed by atoms with Crippen LogP contribution in [0.5, 0.6) is 0 Å². The van der Waals surface area contributed by atoms with Crippen LogP contribution in [0.4, 0.5) is 0 Å². The Hall–Kier alpha value is -2.62.